The van der Waals surface area contributed by atoms with Gasteiger partial charge in [0.1, 0.15) is 18.7 Å². The Kier molecular flexibility index (Phi) is 6.15. The van der Waals surface area contributed by atoms with Gasteiger partial charge in [-0.2, -0.15) is 0 Å². The van der Waals surface area contributed by atoms with Crippen LogP contribution in [0.25, 0.3) is 11.1 Å². The van der Waals surface area contributed by atoms with Crippen LogP contribution in [-0.4, -0.2) is 53.2 Å². The fraction of sp³-hybridized carbons (Fsp3) is 0.423. The highest BCUT2D eigenvalue weighted by Gasteiger charge is 2.48. The van der Waals surface area contributed by atoms with E-state index in [0.717, 1.165) is 22.3 Å². The highest BCUT2D eigenvalue weighted by atomic mass is 16.5. The van der Waals surface area contributed by atoms with E-state index in [1.54, 1.807) is 6.92 Å². The van der Waals surface area contributed by atoms with Crippen molar-refractivity contribution in [3.05, 3.63) is 59.7 Å². The van der Waals surface area contributed by atoms with Gasteiger partial charge in [-0.15, -0.1) is 0 Å². The van der Waals surface area contributed by atoms with E-state index in [-0.39, 0.29) is 18.4 Å². The number of rotatable bonds is 6. The lowest BCUT2D eigenvalue weighted by Gasteiger charge is -2.31. The lowest BCUT2D eigenvalue weighted by molar-refractivity contribution is -0.152. The molecule has 0 radical (unpaired) electrons. The monoisotopic (exact) mass is 450 g/mol. The minimum absolute atomic E-state index is 0.0744. The van der Waals surface area contributed by atoms with Crippen LogP contribution in [0, 0.1) is 5.41 Å². The van der Waals surface area contributed by atoms with E-state index in [2.05, 4.69) is 17.4 Å². The molecule has 33 heavy (non-hydrogen) atoms. The molecule has 1 aliphatic heterocycles. The molecule has 1 aliphatic carbocycles. The van der Waals surface area contributed by atoms with Gasteiger partial charge in [-0.25, -0.2) is 9.59 Å². The Hall–Kier alpha value is -3.35. The zero-order valence-electron chi connectivity index (χ0n) is 19.2. The maximum atomic E-state index is 13.1. The van der Waals surface area contributed by atoms with E-state index in [9.17, 15) is 19.5 Å². The van der Waals surface area contributed by atoms with E-state index in [0.29, 0.717) is 19.4 Å². The number of benzene rings is 2. The van der Waals surface area contributed by atoms with Crippen molar-refractivity contribution in [3.63, 3.8) is 0 Å². The molecule has 174 valence electrons. The van der Waals surface area contributed by atoms with Crippen LogP contribution in [-0.2, 0) is 14.3 Å². The quantitative estimate of drug-likeness (QED) is 0.693. The number of nitrogens with zero attached hydrogens (tertiary/aromatic N) is 1. The number of aliphatic carboxylic acids is 1. The molecule has 0 saturated carbocycles. The van der Waals surface area contributed by atoms with Gasteiger partial charge in [-0.1, -0.05) is 69.3 Å². The van der Waals surface area contributed by atoms with Crippen molar-refractivity contribution in [2.24, 2.45) is 5.41 Å². The van der Waals surface area contributed by atoms with Crippen LogP contribution in [0.2, 0.25) is 0 Å². The van der Waals surface area contributed by atoms with Crippen molar-refractivity contribution < 1.29 is 24.2 Å². The molecule has 0 bridgehead atoms. The second kappa shape index (κ2) is 8.89. The van der Waals surface area contributed by atoms with Crippen LogP contribution >= 0.6 is 0 Å². The SMILES string of the molecule is CC[C@@H](NC(=O)OCC1c2ccccc2-c2ccccc21)C(=O)N1CCC(C)(C)C1C(=O)O. The molecule has 0 spiro atoms. The number of nitrogens with one attached hydrogen (secondary N) is 1. The minimum Gasteiger partial charge on any atom is -0.480 e. The molecule has 2 N–H and O–H groups in total. The van der Waals surface area contributed by atoms with Gasteiger partial charge >= 0.3 is 12.1 Å². The van der Waals surface area contributed by atoms with Gasteiger partial charge in [0.2, 0.25) is 5.91 Å². The van der Waals surface area contributed by atoms with Gasteiger partial charge in [0.25, 0.3) is 0 Å². The highest BCUT2D eigenvalue weighted by Crippen LogP contribution is 2.44. The van der Waals surface area contributed by atoms with E-state index >= 15 is 0 Å². The predicted octanol–water partition coefficient (Wildman–Crippen LogP) is 4.02. The van der Waals surface area contributed by atoms with Gasteiger partial charge in [-0.3, -0.25) is 4.79 Å². The van der Waals surface area contributed by atoms with Crippen LogP contribution in [0.3, 0.4) is 0 Å². The predicted molar refractivity (Wildman–Crippen MR) is 124 cm³/mol. The summed E-state index contributed by atoms with van der Waals surface area (Å²) in [5.41, 5.74) is 3.97. The van der Waals surface area contributed by atoms with E-state index < -0.39 is 29.6 Å². The fourth-order valence-corrected chi connectivity index (χ4v) is 5.12. The molecule has 2 aromatic rings. The van der Waals surface area contributed by atoms with Crippen LogP contribution in [0.1, 0.15) is 50.7 Å². The summed E-state index contributed by atoms with van der Waals surface area (Å²) in [6.07, 6.45) is 0.256. The molecule has 2 aromatic carbocycles. The minimum atomic E-state index is -1.03. The van der Waals surface area contributed by atoms with Crippen molar-refractivity contribution in [3.8, 4) is 11.1 Å². The van der Waals surface area contributed by atoms with Crippen molar-refractivity contribution in [1.82, 2.24) is 10.2 Å². The number of hydrogen-bond acceptors (Lipinski definition) is 4. The fourth-order valence-electron chi connectivity index (χ4n) is 5.12. The highest BCUT2D eigenvalue weighted by molar-refractivity contribution is 5.90. The van der Waals surface area contributed by atoms with E-state index in [1.807, 2.05) is 50.2 Å². The maximum Gasteiger partial charge on any atom is 0.407 e. The van der Waals surface area contributed by atoms with Crippen molar-refractivity contribution in [2.45, 2.75) is 51.6 Å². The number of fused-ring (bicyclic) bond motifs is 3. The van der Waals surface area contributed by atoms with Crippen LogP contribution < -0.4 is 5.32 Å². The molecule has 0 aromatic heterocycles. The number of ether oxygens (including phenoxy) is 1. The Morgan fingerprint density at radius 3 is 2.21 bits per heavy atom. The number of alkyl carbamates (subject to hydrolysis) is 1. The van der Waals surface area contributed by atoms with Crippen molar-refractivity contribution in [2.75, 3.05) is 13.2 Å². The van der Waals surface area contributed by atoms with Gasteiger partial charge < -0.3 is 20.1 Å². The number of amides is 2. The van der Waals surface area contributed by atoms with Gasteiger partial charge in [0.15, 0.2) is 0 Å². The van der Waals surface area contributed by atoms with Crippen molar-refractivity contribution >= 4 is 18.0 Å². The smallest absolute Gasteiger partial charge is 0.407 e. The second-order valence-corrected chi connectivity index (χ2v) is 9.44. The van der Waals surface area contributed by atoms with Gasteiger partial charge in [0, 0.05) is 12.5 Å². The third kappa shape index (κ3) is 4.19. The molecule has 1 unspecified atom stereocenters. The molecule has 2 amide bonds. The number of hydrogen-bond donors (Lipinski definition) is 2. The van der Waals surface area contributed by atoms with E-state index in [1.165, 1.54) is 4.90 Å². The Bertz CT molecular complexity index is 1030. The second-order valence-electron chi connectivity index (χ2n) is 9.44. The zero-order valence-corrected chi connectivity index (χ0v) is 19.2. The Morgan fingerprint density at radius 1 is 1.09 bits per heavy atom. The molecule has 2 aliphatic rings. The first-order valence-corrected chi connectivity index (χ1v) is 11.4. The molecule has 7 heteroatoms. The molecule has 1 heterocycles. The van der Waals surface area contributed by atoms with Crippen LogP contribution in [0.15, 0.2) is 48.5 Å². The first-order chi connectivity index (χ1) is 15.7. The lowest BCUT2D eigenvalue weighted by Crippen LogP contribution is -2.53. The van der Waals surface area contributed by atoms with Gasteiger partial charge in [-0.05, 0) is 40.5 Å². The topological polar surface area (TPSA) is 95.9 Å². The van der Waals surface area contributed by atoms with Crippen LogP contribution in [0.4, 0.5) is 4.79 Å². The van der Waals surface area contributed by atoms with E-state index in [4.69, 9.17) is 4.74 Å². The Morgan fingerprint density at radius 2 is 1.67 bits per heavy atom. The van der Waals surface area contributed by atoms with Crippen molar-refractivity contribution in [1.29, 1.82) is 0 Å². The summed E-state index contributed by atoms with van der Waals surface area (Å²) in [6.45, 7) is 5.98. The molecule has 2 atom stereocenters. The summed E-state index contributed by atoms with van der Waals surface area (Å²) < 4.78 is 5.56. The molecule has 7 nitrogen and oxygen atoms in total. The largest absolute Gasteiger partial charge is 0.480 e. The zero-order chi connectivity index (χ0) is 23.8. The first kappa shape index (κ1) is 22.8. The summed E-state index contributed by atoms with van der Waals surface area (Å²) in [5, 5.41) is 12.3. The molecule has 1 fully saturated rings. The summed E-state index contributed by atoms with van der Waals surface area (Å²) in [5.74, 6) is -1.49. The van der Waals surface area contributed by atoms with Gasteiger partial charge in [0.05, 0.1) is 0 Å². The summed E-state index contributed by atoms with van der Waals surface area (Å²) in [4.78, 5) is 38.9. The third-order valence-corrected chi connectivity index (χ3v) is 6.91. The summed E-state index contributed by atoms with van der Waals surface area (Å²) in [6, 6.07) is 14.4. The Balaban J connectivity index is 1.42. The number of carboxylic acids is 1. The number of carbonyl (C=O) groups is 3. The summed E-state index contributed by atoms with van der Waals surface area (Å²) in [7, 11) is 0. The first-order valence-electron chi connectivity index (χ1n) is 11.4. The normalized spacial score (nSPS) is 19.5. The van der Waals surface area contributed by atoms with Crippen LogP contribution in [0.5, 0.6) is 0 Å². The lowest BCUT2D eigenvalue weighted by atomic mass is 9.85. The average Bonchev–Trinajstić information content (AvgIpc) is 3.29. The molecular weight excluding hydrogens is 420 g/mol. The molecule has 4 rings (SSSR count). The Labute approximate surface area is 193 Å². The maximum absolute atomic E-state index is 13.1. The average molecular weight is 451 g/mol. The standard InChI is InChI=1S/C26H30N2O5/c1-4-21(23(29)28-14-13-26(2,3)22(28)24(30)31)27-25(32)33-15-20-18-11-7-5-9-16(18)17-10-6-8-12-19(17)20/h5-12,20-22H,4,13-15H2,1-3H3,(H,27,32)(H,30,31)/t21-,22?/m1/s1. The molecule has 1 saturated heterocycles. The third-order valence-electron chi connectivity index (χ3n) is 6.91. The molecular formula is C26H30N2O5. The summed E-state index contributed by atoms with van der Waals surface area (Å²) >= 11 is 0. The number of likely N-dealkylation sites (tertiary alicyclic amines) is 1. The number of carbonyl (C=O) groups excluding carboxylic acids is 2. The number of carboxylic acid groups (broad SMARTS) is 1.